The van der Waals surface area contributed by atoms with Crippen LogP contribution in [-0.4, -0.2) is 4.98 Å². The number of thiazole rings is 1. The van der Waals surface area contributed by atoms with Gasteiger partial charge in [-0.3, -0.25) is 0 Å². The first-order valence-electron chi connectivity index (χ1n) is 5.76. The molecule has 19 heavy (non-hydrogen) atoms. The van der Waals surface area contributed by atoms with Crippen molar-refractivity contribution in [2.45, 2.75) is 6.54 Å². The summed E-state index contributed by atoms with van der Waals surface area (Å²) in [5.41, 5.74) is 2.18. The first-order chi connectivity index (χ1) is 9.22. The van der Waals surface area contributed by atoms with E-state index in [0.29, 0.717) is 0 Å². The Bertz CT molecular complexity index is 726. The molecule has 0 saturated heterocycles. The summed E-state index contributed by atoms with van der Waals surface area (Å²) < 4.78 is 2.20. The van der Waals surface area contributed by atoms with E-state index < -0.39 is 0 Å². The smallest absolute Gasteiger partial charge is 0.184 e. The number of halogens is 2. The second-order valence-electron chi connectivity index (χ2n) is 4.08. The Hall–Kier alpha value is -1.10. The maximum Gasteiger partial charge on any atom is 0.184 e. The fourth-order valence-electron chi connectivity index (χ4n) is 1.79. The summed E-state index contributed by atoms with van der Waals surface area (Å²) in [5.74, 6) is 0. The van der Waals surface area contributed by atoms with E-state index in [4.69, 9.17) is 11.6 Å². The highest BCUT2D eigenvalue weighted by Gasteiger charge is 2.05. The van der Waals surface area contributed by atoms with Crippen LogP contribution in [0.3, 0.4) is 0 Å². The molecular formula is C14H10BrClN2S. The molecular weight excluding hydrogens is 344 g/mol. The zero-order valence-corrected chi connectivity index (χ0v) is 13.0. The molecule has 0 unspecified atom stereocenters. The van der Waals surface area contributed by atoms with Crippen LogP contribution in [0.25, 0.3) is 10.2 Å². The Morgan fingerprint density at radius 3 is 2.89 bits per heavy atom. The summed E-state index contributed by atoms with van der Waals surface area (Å²) in [6, 6.07) is 13.9. The van der Waals surface area contributed by atoms with Gasteiger partial charge in [0.1, 0.15) is 0 Å². The molecule has 2 nitrogen and oxygen atoms in total. The number of benzene rings is 2. The molecule has 0 aliphatic rings. The molecule has 0 fully saturated rings. The van der Waals surface area contributed by atoms with Gasteiger partial charge in [0.15, 0.2) is 5.13 Å². The third-order valence-corrected chi connectivity index (χ3v) is 4.72. The molecule has 1 N–H and O–H groups in total. The van der Waals surface area contributed by atoms with Gasteiger partial charge in [0.25, 0.3) is 0 Å². The molecule has 0 aliphatic carbocycles. The van der Waals surface area contributed by atoms with Gasteiger partial charge in [-0.15, -0.1) is 0 Å². The topological polar surface area (TPSA) is 24.9 Å². The third-order valence-electron chi connectivity index (χ3n) is 2.74. The molecule has 1 aromatic heterocycles. The first kappa shape index (κ1) is 12.9. The van der Waals surface area contributed by atoms with Gasteiger partial charge in [0, 0.05) is 16.0 Å². The minimum atomic E-state index is 0.744. The van der Waals surface area contributed by atoms with Gasteiger partial charge in [0.05, 0.1) is 10.2 Å². The summed E-state index contributed by atoms with van der Waals surface area (Å²) in [6.07, 6.45) is 0. The second-order valence-corrected chi connectivity index (χ2v) is 6.40. The Morgan fingerprint density at radius 1 is 1.21 bits per heavy atom. The maximum absolute atomic E-state index is 5.97. The van der Waals surface area contributed by atoms with E-state index in [1.807, 2.05) is 36.4 Å². The number of rotatable bonds is 3. The SMILES string of the molecule is Clc1ccc2nc(NCc3ccccc3Br)sc2c1. The number of hydrogen-bond donors (Lipinski definition) is 1. The van der Waals surface area contributed by atoms with Gasteiger partial charge in [-0.1, -0.05) is 57.1 Å². The van der Waals surface area contributed by atoms with Crippen LogP contribution in [0.5, 0.6) is 0 Å². The molecule has 0 saturated carbocycles. The molecule has 0 aliphatic heterocycles. The van der Waals surface area contributed by atoms with Crippen molar-refractivity contribution in [1.82, 2.24) is 4.98 Å². The zero-order valence-electron chi connectivity index (χ0n) is 9.86. The van der Waals surface area contributed by atoms with Crippen molar-refractivity contribution in [3.63, 3.8) is 0 Å². The number of nitrogens with one attached hydrogen (secondary N) is 1. The van der Waals surface area contributed by atoms with E-state index in [-0.39, 0.29) is 0 Å². The van der Waals surface area contributed by atoms with Gasteiger partial charge < -0.3 is 5.32 Å². The number of aromatic nitrogens is 1. The molecule has 0 atom stereocenters. The van der Waals surface area contributed by atoms with Crippen molar-refractivity contribution < 1.29 is 0 Å². The van der Waals surface area contributed by atoms with Gasteiger partial charge in [-0.2, -0.15) is 0 Å². The Kier molecular flexibility index (Phi) is 3.73. The predicted molar refractivity (Wildman–Crippen MR) is 86.1 cm³/mol. The quantitative estimate of drug-likeness (QED) is 0.689. The predicted octanol–water partition coefficient (Wildman–Crippen LogP) is 5.32. The van der Waals surface area contributed by atoms with Crippen LogP contribution in [0.1, 0.15) is 5.56 Å². The van der Waals surface area contributed by atoms with Crippen LogP contribution in [0.2, 0.25) is 5.02 Å². The van der Waals surface area contributed by atoms with E-state index in [1.54, 1.807) is 11.3 Å². The van der Waals surface area contributed by atoms with Crippen molar-refractivity contribution in [3.8, 4) is 0 Å². The average Bonchev–Trinajstić information content (AvgIpc) is 2.79. The molecule has 0 radical (unpaired) electrons. The normalized spacial score (nSPS) is 10.8. The molecule has 0 spiro atoms. The lowest BCUT2D eigenvalue weighted by atomic mass is 10.2. The fourth-order valence-corrected chi connectivity index (χ4v) is 3.35. The Labute approximate surface area is 128 Å². The van der Waals surface area contributed by atoms with Crippen molar-refractivity contribution in [3.05, 3.63) is 57.5 Å². The second kappa shape index (κ2) is 5.49. The Balaban J connectivity index is 1.80. The van der Waals surface area contributed by atoms with E-state index in [1.165, 1.54) is 5.56 Å². The standard InChI is InChI=1S/C14H10BrClN2S/c15-11-4-2-1-3-9(11)8-17-14-18-12-6-5-10(16)7-13(12)19-14/h1-7H,8H2,(H,17,18). The van der Waals surface area contributed by atoms with Crippen molar-refractivity contribution in [2.75, 3.05) is 5.32 Å². The lowest BCUT2D eigenvalue weighted by Gasteiger charge is -2.04. The highest BCUT2D eigenvalue weighted by molar-refractivity contribution is 9.10. The van der Waals surface area contributed by atoms with E-state index >= 15 is 0 Å². The monoisotopic (exact) mass is 352 g/mol. The average molecular weight is 354 g/mol. The summed E-state index contributed by atoms with van der Waals surface area (Å²) in [6.45, 7) is 0.745. The number of anilines is 1. The zero-order chi connectivity index (χ0) is 13.2. The lowest BCUT2D eigenvalue weighted by Crippen LogP contribution is -1.99. The van der Waals surface area contributed by atoms with Crippen LogP contribution in [0, 0.1) is 0 Å². The van der Waals surface area contributed by atoms with Crippen LogP contribution in [-0.2, 0) is 6.54 Å². The summed E-state index contributed by atoms with van der Waals surface area (Å²) in [7, 11) is 0. The van der Waals surface area contributed by atoms with Gasteiger partial charge in [-0.05, 0) is 29.8 Å². The molecule has 0 amide bonds. The highest BCUT2D eigenvalue weighted by Crippen LogP contribution is 2.29. The minimum Gasteiger partial charge on any atom is -0.357 e. The first-order valence-corrected chi connectivity index (χ1v) is 7.74. The van der Waals surface area contributed by atoms with Crippen molar-refractivity contribution >= 4 is 54.2 Å². The van der Waals surface area contributed by atoms with Crippen LogP contribution in [0.4, 0.5) is 5.13 Å². The van der Waals surface area contributed by atoms with Gasteiger partial charge in [-0.25, -0.2) is 4.98 Å². The Morgan fingerprint density at radius 2 is 2.05 bits per heavy atom. The van der Waals surface area contributed by atoms with Gasteiger partial charge >= 0.3 is 0 Å². The van der Waals surface area contributed by atoms with Crippen molar-refractivity contribution in [1.29, 1.82) is 0 Å². The number of hydrogen-bond acceptors (Lipinski definition) is 3. The van der Waals surface area contributed by atoms with Crippen molar-refractivity contribution in [2.24, 2.45) is 0 Å². The van der Waals surface area contributed by atoms with E-state index in [0.717, 1.165) is 31.4 Å². The lowest BCUT2D eigenvalue weighted by molar-refractivity contribution is 1.13. The number of nitrogens with zero attached hydrogens (tertiary/aromatic N) is 1. The number of fused-ring (bicyclic) bond motifs is 1. The molecule has 3 rings (SSSR count). The molecule has 1 heterocycles. The third kappa shape index (κ3) is 2.91. The molecule has 0 bridgehead atoms. The molecule has 3 aromatic rings. The fraction of sp³-hybridized carbons (Fsp3) is 0.0714. The minimum absolute atomic E-state index is 0.744. The summed E-state index contributed by atoms with van der Waals surface area (Å²) >= 11 is 11.1. The largest absolute Gasteiger partial charge is 0.357 e. The van der Waals surface area contributed by atoms with Gasteiger partial charge in [0.2, 0.25) is 0 Å². The van der Waals surface area contributed by atoms with Crippen LogP contribution in [0.15, 0.2) is 46.9 Å². The van der Waals surface area contributed by atoms with Crippen LogP contribution >= 0.6 is 38.9 Å². The van der Waals surface area contributed by atoms with Crippen LogP contribution < -0.4 is 5.32 Å². The molecule has 5 heteroatoms. The highest BCUT2D eigenvalue weighted by atomic mass is 79.9. The summed E-state index contributed by atoms with van der Waals surface area (Å²) in [5, 5.41) is 5.00. The van der Waals surface area contributed by atoms with E-state index in [2.05, 4.69) is 32.3 Å². The summed E-state index contributed by atoms with van der Waals surface area (Å²) in [4.78, 5) is 4.53. The molecule has 96 valence electrons. The molecule has 2 aromatic carbocycles. The van der Waals surface area contributed by atoms with E-state index in [9.17, 15) is 0 Å². The maximum atomic E-state index is 5.97.